The van der Waals surface area contributed by atoms with Crippen molar-refractivity contribution < 1.29 is 9.90 Å². The molecule has 0 aliphatic heterocycles. The Morgan fingerprint density at radius 1 is 0.958 bits per heavy atom. The average Bonchev–Trinajstić information content (AvgIpc) is 3.19. The summed E-state index contributed by atoms with van der Waals surface area (Å²) in [4.78, 5) is 16.7. The molecular formula is C19H13N3O2. The Balaban J connectivity index is 1.70. The molecule has 5 nitrogen and oxygen atoms in total. The molecule has 0 amide bonds. The highest BCUT2D eigenvalue weighted by molar-refractivity contribution is 6.30. The van der Waals surface area contributed by atoms with Gasteiger partial charge in [-0.25, -0.2) is 4.99 Å². The summed E-state index contributed by atoms with van der Waals surface area (Å²) in [5.74, 6) is 0.262. The Hall–Kier alpha value is -3.47. The van der Waals surface area contributed by atoms with E-state index in [1.807, 2.05) is 30.3 Å². The fraction of sp³-hybridized carbons (Fsp3) is 0. The summed E-state index contributed by atoms with van der Waals surface area (Å²) in [6.45, 7) is 0. The van der Waals surface area contributed by atoms with Crippen LogP contribution in [0.2, 0.25) is 0 Å². The maximum Gasteiger partial charge on any atom is 0.199 e. The van der Waals surface area contributed by atoms with Crippen LogP contribution in [0.4, 0.5) is 5.82 Å². The molecule has 0 saturated heterocycles. The molecule has 116 valence electrons. The predicted molar refractivity (Wildman–Crippen MR) is 92.5 cm³/mol. The van der Waals surface area contributed by atoms with Gasteiger partial charge in [0.1, 0.15) is 5.76 Å². The van der Waals surface area contributed by atoms with E-state index in [-0.39, 0.29) is 17.1 Å². The summed E-state index contributed by atoms with van der Waals surface area (Å²) in [7, 11) is 0. The zero-order valence-corrected chi connectivity index (χ0v) is 12.6. The highest BCUT2D eigenvalue weighted by atomic mass is 16.3. The molecule has 1 aliphatic carbocycles. The zero-order chi connectivity index (χ0) is 16.5. The van der Waals surface area contributed by atoms with Crippen LogP contribution in [0.3, 0.4) is 0 Å². The molecule has 3 aromatic rings. The van der Waals surface area contributed by atoms with E-state index in [1.54, 1.807) is 30.5 Å². The number of aliphatic imine (C=N–C) groups is 1. The van der Waals surface area contributed by atoms with Crippen LogP contribution in [0.15, 0.2) is 71.4 Å². The average molecular weight is 315 g/mol. The van der Waals surface area contributed by atoms with Gasteiger partial charge in [-0.3, -0.25) is 9.89 Å². The molecule has 24 heavy (non-hydrogen) atoms. The first-order valence-corrected chi connectivity index (χ1v) is 7.46. The van der Waals surface area contributed by atoms with Gasteiger partial charge in [0.25, 0.3) is 0 Å². The third-order valence-electron chi connectivity index (χ3n) is 3.95. The van der Waals surface area contributed by atoms with E-state index in [0.717, 1.165) is 11.1 Å². The van der Waals surface area contributed by atoms with Crippen molar-refractivity contribution in [3.8, 4) is 11.1 Å². The van der Waals surface area contributed by atoms with Crippen LogP contribution >= 0.6 is 0 Å². The molecular weight excluding hydrogens is 302 g/mol. The molecule has 1 aliphatic rings. The van der Waals surface area contributed by atoms with Crippen LogP contribution in [-0.4, -0.2) is 27.3 Å². The van der Waals surface area contributed by atoms with Crippen molar-refractivity contribution in [2.24, 2.45) is 4.99 Å². The highest BCUT2D eigenvalue weighted by Gasteiger charge is 2.28. The molecule has 0 radical (unpaired) electrons. The predicted octanol–water partition coefficient (Wildman–Crippen LogP) is 3.94. The number of allylic oxidation sites excluding steroid dienone is 1. The number of H-pyrrole nitrogens is 1. The van der Waals surface area contributed by atoms with Gasteiger partial charge in [-0.2, -0.15) is 5.10 Å². The molecule has 5 heteroatoms. The Labute approximate surface area is 138 Å². The second-order valence-electron chi connectivity index (χ2n) is 5.39. The van der Waals surface area contributed by atoms with Crippen LogP contribution in [0, 0.1) is 0 Å². The van der Waals surface area contributed by atoms with Crippen LogP contribution in [-0.2, 0) is 0 Å². The van der Waals surface area contributed by atoms with Crippen molar-refractivity contribution in [1.29, 1.82) is 0 Å². The Morgan fingerprint density at radius 2 is 1.67 bits per heavy atom. The van der Waals surface area contributed by atoms with Crippen molar-refractivity contribution in [2.75, 3.05) is 0 Å². The van der Waals surface area contributed by atoms with Gasteiger partial charge in [0.2, 0.25) is 0 Å². The summed E-state index contributed by atoms with van der Waals surface area (Å²) in [5.41, 5.74) is 3.01. The third-order valence-corrected chi connectivity index (χ3v) is 3.95. The van der Waals surface area contributed by atoms with Gasteiger partial charge in [0, 0.05) is 22.9 Å². The first kappa shape index (κ1) is 14.1. The summed E-state index contributed by atoms with van der Waals surface area (Å²) in [5, 5.41) is 17.1. The number of Topliss-reactive ketones (excluding diaryl/α,β-unsaturated/α-hetero) is 1. The van der Waals surface area contributed by atoms with E-state index in [2.05, 4.69) is 15.2 Å². The van der Waals surface area contributed by atoms with Crippen LogP contribution in [0.5, 0.6) is 0 Å². The monoisotopic (exact) mass is 315 g/mol. The molecule has 1 aromatic heterocycles. The number of fused-ring (bicyclic) bond motifs is 1. The summed E-state index contributed by atoms with van der Waals surface area (Å²) in [6, 6.07) is 16.7. The fourth-order valence-corrected chi connectivity index (χ4v) is 2.74. The first-order valence-electron chi connectivity index (χ1n) is 7.46. The van der Waals surface area contributed by atoms with Gasteiger partial charge in [0.15, 0.2) is 11.6 Å². The Bertz CT molecular complexity index is 985. The largest absolute Gasteiger partial charge is 0.506 e. The van der Waals surface area contributed by atoms with Crippen molar-refractivity contribution in [3.05, 3.63) is 77.5 Å². The number of aromatic nitrogens is 2. The van der Waals surface area contributed by atoms with Gasteiger partial charge < -0.3 is 5.11 Å². The molecule has 0 bridgehead atoms. The second kappa shape index (κ2) is 5.62. The van der Waals surface area contributed by atoms with Gasteiger partial charge in [-0.05, 0) is 5.56 Å². The van der Waals surface area contributed by atoms with Crippen LogP contribution in [0.25, 0.3) is 16.9 Å². The van der Waals surface area contributed by atoms with Gasteiger partial charge in [-0.1, -0.05) is 54.6 Å². The number of nitrogens with zero attached hydrogens (tertiary/aromatic N) is 2. The molecule has 0 atom stereocenters. The molecule has 2 N–H and O–H groups in total. The minimum absolute atomic E-state index is 0.0415. The topological polar surface area (TPSA) is 78.3 Å². The number of hydrogen-bond donors (Lipinski definition) is 2. The van der Waals surface area contributed by atoms with E-state index in [4.69, 9.17) is 0 Å². The number of carbonyl (C=O) groups excluding carboxylic acids is 1. The maximum atomic E-state index is 12.4. The SMILES string of the molecule is O=C1C(C=Nc2[nH]ncc2-c2ccccc2)=C(O)c2ccccc21. The number of aliphatic hydroxyl groups excluding tert-OH is 1. The smallest absolute Gasteiger partial charge is 0.199 e. The van der Waals surface area contributed by atoms with Crippen LogP contribution < -0.4 is 0 Å². The molecule has 0 unspecified atom stereocenters. The molecule has 4 rings (SSSR count). The minimum atomic E-state index is -0.229. The normalized spacial score (nSPS) is 13.8. The van der Waals surface area contributed by atoms with E-state index >= 15 is 0 Å². The van der Waals surface area contributed by atoms with Gasteiger partial charge in [0.05, 0.1) is 11.8 Å². The van der Waals surface area contributed by atoms with Crippen molar-refractivity contribution in [3.63, 3.8) is 0 Å². The summed E-state index contributed by atoms with van der Waals surface area (Å²) < 4.78 is 0. The van der Waals surface area contributed by atoms with Crippen molar-refractivity contribution in [2.45, 2.75) is 0 Å². The number of benzene rings is 2. The number of aliphatic hydroxyl groups is 1. The fourth-order valence-electron chi connectivity index (χ4n) is 2.74. The van der Waals surface area contributed by atoms with E-state index in [9.17, 15) is 9.90 Å². The van der Waals surface area contributed by atoms with E-state index < -0.39 is 0 Å². The maximum absolute atomic E-state index is 12.4. The van der Waals surface area contributed by atoms with Crippen LogP contribution in [0.1, 0.15) is 15.9 Å². The van der Waals surface area contributed by atoms with Crippen molar-refractivity contribution >= 4 is 23.6 Å². The molecule has 1 heterocycles. The number of ketones is 1. The zero-order valence-electron chi connectivity index (χ0n) is 12.6. The van der Waals surface area contributed by atoms with E-state index in [1.165, 1.54) is 6.21 Å². The Kier molecular flexibility index (Phi) is 3.31. The minimum Gasteiger partial charge on any atom is -0.506 e. The standard InChI is InChI=1S/C19H13N3O2/c23-17-13-8-4-5-9-14(13)18(24)16(17)10-20-19-15(11-21-22-19)12-6-2-1-3-7-12/h1-11,23H,(H,21,22). The van der Waals surface area contributed by atoms with Gasteiger partial charge >= 0.3 is 0 Å². The third kappa shape index (κ3) is 2.23. The van der Waals surface area contributed by atoms with E-state index in [0.29, 0.717) is 16.9 Å². The summed E-state index contributed by atoms with van der Waals surface area (Å²) in [6.07, 6.45) is 3.07. The summed E-state index contributed by atoms with van der Waals surface area (Å²) >= 11 is 0. The molecule has 0 spiro atoms. The Morgan fingerprint density at radius 3 is 2.42 bits per heavy atom. The number of carbonyl (C=O) groups is 1. The lowest BCUT2D eigenvalue weighted by atomic mass is 10.1. The quantitative estimate of drug-likeness (QED) is 0.718. The lowest BCUT2D eigenvalue weighted by Gasteiger charge is -1.98. The molecule has 0 fully saturated rings. The first-order chi connectivity index (χ1) is 11.8. The lowest BCUT2D eigenvalue weighted by Crippen LogP contribution is -1.99. The highest BCUT2D eigenvalue weighted by Crippen LogP contribution is 2.31. The number of nitrogens with one attached hydrogen (secondary N) is 1. The van der Waals surface area contributed by atoms with Gasteiger partial charge in [-0.15, -0.1) is 0 Å². The number of hydrogen-bond acceptors (Lipinski definition) is 4. The molecule has 0 saturated carbocycles. The second-order valence-corrected chi connectivity index (χ2v) is 5.39. The molecule has 2 aromatic carbocycles. The lowest BCUT2D eigenvalue weighted by molar-refractivity contribution is 0.104. The number of rotatable bonds is 3. The van der Waals surface area contributed by atoms with Crippen molar-refractivity contribution in [1.82, 2.24) is 10.2 Å². The number of aromatic amines is 1.